The summed E-state index contributed by atoms with van der Waals surface area (Å²) < 4.78 is 5.48. The lowest BCUT2D eigenvalue weighted by Crippen LogP contribution is -2.00. The van der Waals surface area contributed by atoms with E-state index in [-0.39, 0.29) is 23.7 Å². The van der Waals surface area contributed by atoms with Crippen LogP contribution in [0.1, 0.15) is 28.4 Å². The second-order valence-corrected chi connectivity index (χ2v) is 4.49. The molecule has 0 radical (unpaired) electrons. The standard InChI is InChI=1S/C17H16O4/c1-2-4-12-7-9-13(10-8-12)11-21-15-6-3-5-14(16(15)18)17(19)20/h2-10,18H,11H2,1H3,(H,19,20)/b4-2+. The Morgan fingerprint density at radius 1 is 1.19 bits per heavy atom. The van der Waals surface area contributed by atoms with Gasteiger partial charge in [0.05, 0.1) is 0 Å². The largest absolute Gasteiger partial charge is 0.504 e. The zero-order chi connectivity index (χ0) is 15.2. The number of allylic oxidation sites excluding steroid dienone is 1. The Hall–Kier alpha value is -2.75. The molecule has 0 unspecified atom stereocenters. The number of carboxylic acid groups (broad SMARTS) is 1. The van der Waals surface area contributed by atoms with E-state index < -0.39 is 5.97 Å². The van der Waals surface area contributed by atoms with Crippen molar-refractivity contribution in [3.8, 4) is 11.5 Å². The number of hydrogen-bond acceptors (Lipinski definition) is 3. The van der Waals surface area contributed by atoms with E-state index in [0.717, 1.165) is 11.1 Å². The molecule has 2 aromatic carbocycles. The fourth-order valence-corrected chi connectivity index (χ4v) is 1.89. The molecule has 0 fully saturated rings. The van der Waals surface area contributed by atoms with Gasteiger partial charge in [-0.3, -0.25) is 0 Å². The molecule has 2 aromatic rings. The van der Waals surface area contributed by atoms with Gasteiger partial charge in [-0.15, -0.1) is 0 Å². The van der Waals surface area contributed by atoms with Crippen molar-refractivity contribution in [2.24, 2.45) is 0 Å². The van der Waals surface area contributed by atoms with Gasteiger partial charge >= 0.3 is 5.97 Å². The summed E-state index contributed by atoms with van der Waals surface area (Å²) in [6.45, 7) is 2.21. The lowest BCUT2D eigenvalue weighted by Gasteiger charge is -2.09. The van der Waals surface area contributed by atoms with E-state index in [1.165, 1.54) is 18.2 Å². The number of para-hydroxylation sites is 1. The molecule has 0 aromatic heterocycles. The van der Waals surface area contributed by atoms with Crippen molar-refractivity contribution in [1.29, 1.82) is 0 Å². The number of carbonyl (C=O) groups is 1. The second-order valence-electron chi connectivity index (χ2n) is 4.49. The van der Waals surface area contributed by atoms with Crippen LogP contribution in [-0.2, 0) is 6.61 Å². The van der Waals surface area contributed by atoms with Crippen molar-refractivity contribution < 1.29 is 19.7 Å². The Morgan fingerprint density at radius 3 is 2.52 bits per heavy atom. The monoisotopic (exact) mass is 284 g/mol. The van der Waals surface area contributed by atoms with E-state index in [9.17, 15) is 9.90 Å². The van der Waals surface area contributed by atoms with Crippen LogP contribution in [0.3, 0.4) is 0 Å². The highest BCUT2D eigenvalue weighted by Gasteiger charge is 2.13. The Balaban J connectivity index is 2.09. The molecule has 2 N–H and O–H groups in total. The molecule has 0 atom stereocenters. The average molecular weight is 284 g/mol. The van der Waals surface area contributed by atoms with Gasteiger partial charge < -0.3 is 14.9 Å². The number of aromatic carboxylic acids is 1. The highest BCUT2D eigenvalue weighted by atomic mass is 16.5. The molecule has 4 nitrogen and oxygen atoms in total. The molecular formula is C17H16O4. The summed E-state index contributed by atoms with van der Waals surface area (Å²) >= 11 is 0. The molecule has 0 aliphatic carbocycles. The van der Waals surface area contributed by atoms with Crippen molar-refractivity contribution in [3.63, 3.8) is 0 Å². The van der Waals surface area contributed by atoms with Crippen LogP contribution >= 0.6 is 0 Å². The van der Waals surface area contributed by atoms with Crippen LogP contribution in [-0.4, -0.2) is 16.2 Å². The summed E-state index contributed by atoms with van der Waals surface area (Å²) in [4.78, 5) is 10.9. The summed E-state index contributed by atoms with van der Waals surface area (Å²) in [6.07, 6.45) is 3.95. The van der Waals surface area contributed by atoms with Gasteiger partial charge in [-0.05, 0) is 30.2 Å². The molecule has 0 saturated carbocycles. The molecule has 4 heteroatoms. The summed E-state index contributed by atoms with van der Waals surface area (Å²) in [6, 6.07) is 12.2. The van der Waals surface area contributed by atoms with Crippen LogP contribution in [0.15, 0.2) is 48.5 Å². The Bertz CT molecular complexity index is 657. The van der Waals surface area contributed by atoms with E-state index >= 15 is 0 Å². The van der Waals surface area contributed by atoms with E-state index in [0.29, 0.717) is 0 Å². The molecule has 108 valence electrons. The zero-order valence-electron chi connectivity index (χ0n) is 11.6. The topological polar surface area (TPSA) is 66.8 Å². The van der Waals surface area contributed by atoms with Gasteiger partial charge in [0, 0.05) is 0 Å². The van der Waals surface area contributed by atoms with Gasteiger partial charge in [0.2, 0.25) is 0 Å². The third kappa shape index (κ3) is 3.63. The first-order chi connectivity index (χ1) is 10.1. The first-order valence-corrected chi connectivity index (χ1v) is 6.51. The fraction of sp³-hybridized carbons (Fsp3) is 0.118. The van der Waals surface area contributed by atoms with Crippen molar-refractivity contribution in [1.82, 2.24) is 0 Å². The first-order valence-electron chi connectivity index (χ1n) is 6.51. The van der Waals surface area contributed by atoms with Crippen LogP contribution in [0.25, 0.3) is 6.08 Å². The molecule has 0 aliphatic rings. The lowest BCUT2D eigenvalue weighted by molar-refractivity contribution is 0.0692. The van der Waals surface area contributed by atoms with Crippen LogP contribution < -0.4 is 4.74 Å². The lowest BCUT2D eigenvalue weighted by atomic mass is 10.1. The van der Waals surface area contributed by atoms with E-state index in [1.54, 1.807) is 0 Å². The van der Waals surface area contributed by atoms with Crippen LogP contribution in [0.4, 0.5) is 0 Å². The molecule has 2 rings (SSSR count). The average Bonchev–Trinajstić information content (AvgIpc) is 2.48. The van der Waals surface area contributed by atoms with Gasteiger partial charge in [-0.2, -0.15) is 0 Å². The van der Waals surface area contributed by atoms with Crippen LogP contribution in [0.2, 0.25) is 0 Å². The quantitative estimate of drug-likeness (QED) is 0.878. The molecule has 0 bridgehead atoms. The van der Waals surface area contributed by atoms with Crippen molar-refractivity contribution in [2.75, 3.05) is 0 Å². The SMILES string of the molecule is C/C=C/c1ccc(COc2cccc(C(=O)O)c2O)cc1. The van der Waals surface area contributed by atoms with Crippen LogP contribution in [0.5, 0.6) is 11.5 Å². The number of ether oxygens (including phenoxy) is 1. The van der Waals surface area contributed by atoms with E-state index in [1.807, 2.05) is 43.3 Å². The Morgan fingerprint density at radius 2 is 1.90 bits per heavy atom. The minimum atomic E-state index is -1.19. The summed E-state index contributed by atoms with van der Waals surface area (Å²) in [5.41, 5.74) is 1.86. The second kappa shape index (κ2) is 6.61. The highest BCUT2D eigenvalue weighted by Crippen LogP contribution is 2.30. The minimum Gasteiger partial charge on any atom is -0.504 e. The number of aromatic hydroxyl groups is 1. The first kappa shape index (κ1) is 14.7. The number of rotatable bonds is 5. The van der Waals surface area contributed by atoms with Crippen LogP contribution in [0, 0.1) is 0 Å². The number of benzene rings is 2. The maximum atomic E-state index is 10.9. The van der Waals surface area contributed by atoms with Gasteiger partial charge in [0.25, 0.3) is 0 Å². The van der Waals surface area contributed by atoms with Gasteiger partial charge in [-0.1, -0.05) is 42.5 Å². The number of hydrogen-bond donors (Lipinski definition) is 2. The van der Waals surface area contributed by atoms with Gasteiger partial charge in [0.15, 0.2) is 11.5 Å². The smallest absolute Gasteiger partial charge is 0.339 e. The maximum Gasteiger partial charge on any atom is 0.339 e. The van der Waals surface area contributed by atoms with Crippen molar-refractivity contribution in [3.05, 3.63) is 65.2 Å². The van der Waals surface area contributed by atoms with Gasteiger partial charge in [-0.25, -0.2) is 4.79 Å². The van der Waals surface area contributed by atoms with Gasteiger partial charge in [0.1, 0.15) is 12.2 Å². The predicted octanol–water partition coefficient (Wildman–Crippen LogP) is 3.70. The summed E-state index contributed by atoms with van der Waals surface area (Å²) in [7, 11) is 0. The third-order valence-corrected chi connectivity index (χ3v) is 2.96. The third-order valence-electron chi connectivity index (χ3n) is 2.96. The Labute approximate surface area is 122 Å². The summed E-state index contributed by atoms with van der Waals surface area (Å²) in [5.74, 6) is -1.38. The fourth-order valence-electron chi connectivity index (χ4n) is 1.89. The number of carboxylic acids is 1. The van der Waals surface area contributed by atoms with E-state index in [2.05, 4.69) is 0 Å². The van der Waals surface area contributed by atoms with Crippen molar-refractivity contribution in [2.45, 2.75) is 13.5 Å². The minimum absolute atomic E-state index is 0.160. The zero-order valence-corrected chi connectivity index (χ0v) is 11.6. The van der Waals surface area contributed by atoms with E-state index in [4.69, 9.17) is 9.84 Å². The highest BCUT2D eigenvalue weighted by molar-refractivity contribution is 5.91. The molecule has 0 heterocycles. The normalized spacial score (nSPS) is 10.7. The molecular weight excluding hydrogens is 268 g/mol. The van der Waals surface area contributed by atoms with Crippen molar-refractivity contribution >= 4 is 12.0 Å². The molecule has 0 amide bonds. The molecule has 0 spiro atoms. The number of phenols is 1. The molecule has 21 heavy (non-hydrogen) atoms. The Kier molecular flexibility index (Phi) is 4.61. The maximum absolute atomic E-state index is 10.9. The summed E-state index contributed by atoms with van der Waals surface area (Å²) in [5, 5.41) is 18.8. The molecule has 0 saturated heterocycles. The molecule has 0 aliphatic heterocycles. The predicted molar refractivity (Wildman–Crippen MR) is 80.5 cm³/mol.